The molecule has 1 aromatic heterocycles. The number of likely N-dealkylation sites (tertiary alicyclic amines) is 1. The van der Waals surface area contributed by atoms with Gasteiger partial charge in [-0.25, -0.2) is 4.98 Å². The molecule has 0 spiro atoms. The molecule has 0 radical (unpaired) electrons. The first-order chi connectivity index (χ1) is 16.4. The minimum atomic E-state index is -0.683. The Bertz CT molecular complexity index is 1180. The van der Waals surface area contributed by atoms with Crippen molar-refractivity contribution in [3.05, 3.63) is 84.0 Å². The number of aliphatic hydroxyl groups is 1. The first-order valence-corrected chi connectivity index (χ1v) is 11.1. The molecule has 2 heterocycles. The second-order valence-electron chi connectivity index (χ2n) is 8.36. The number of amides is 1. The van der Waals surface area contributed by atoms with Crippen LogP contribution in [0, 0.1) is 0 Å². The summed E-state index contributed by atoms with van der Waals surface area (Å²) in [6.45, 7) is 1.02. The summed E-state index contributed by atoms with van der Waals surface area (Å²) >= 11 is 0. The lowest BCUT2D eigenvalue weighted by molar-refractivity contribution is -0.139. The summed E-state index contributed by atoms with van der Waals surface area (Å²) in [5.41, 5.74) is 2.31. The molecule has 1 amide bonds. The van der Waals surface area contributed by atoms with Gasteiger partial charge < -0.3 is 24.2 Å². The molecular weight excluding hydrogens is 432 g/mol. The third kappa shape index (κ3) is 4.52. The Balaban J connectivity index is 1.72. The van der Waals surface area contributed by atoms with E-state index in [4.69, 9.17) is 4.74 Å². The molecule has 4 rings (SSSR count). The maximum Gasteiger partial charge on any atom is 0.295 e. The number of ether oxygens (including phenoxy) is 1. The largest absolute Gasteiger partial charge is 0.507 e. The summed E-state index contributed by atoms with van der Waals surface area (Å²) in [6.07, 6.45) is 5.91. The Labute approximate surface area is 198 Å². The standard InChI is InChI=1S/C26H28N4O4/c1-28(2)20-9-5-18(6-10-20)23-22(24(31)19-7-11-21(34-3)12-8-19)25(32)26(33)30(23)15-4-14-29-16-13-27-17-29/h5-13,16-17,23,31H,4,14-15H2,1-3H3. The van der Waals surface area contributed by atoms with Gasteiger partial charge in [-0.15, -0.1) is 0 Å². The summed E-state index contributed by atoms with van der Waals surface area (Å²) in [5, 5.41) is 11.2. The van der Waals surface area contributed by atoms with E-state index in [1.807, 2.05) is 54.0 Å². The zero-order valence-electron chi connectivity index (χ0n) is 19.5. The number of carbonyl (C=O) groups excluding carboxylic acids is 2. The minimum absolute atomic E-state index is 0.0930. The fourth-order valence-electron chi connectivity index (χ4n) is 4.16. The van der Waals surface area contributed by atoms with E-state index >= 15 is 0 Å². The van der Waals surface area contributed by atoms with Gasteiger partial charge in [-0.2, -0.15) is 0 Å². The molecule has 0 bridgehead atoms. The van der Waals surface area contributed by atoms with Crippen LogP contribution in [0.2, 0.25) is 0 Å². The van der Waals surface area contributed by atoms with Crippen molar-refractivity contribution >= 4 is 23.1 Å². The van der Waals surface area contributed by atoms with E-state index in [1.54, 1.807) is 48.8 Å². The number of rotatable bonds is 8. The van der Waals surface area contributed by atoms with Gasteiger partial charge in [-0.1, -0.05) is 12.1 Å². The highest BCUT2D eigenvalue weighted by Gasteiger charge is 2.45. The summed E-state index contributed by atoms with van der Waals surface area (Å²) in [6, 6.07) is 13.8. The SMILES string of the molecule is COc1ccc(C(O)=C2C(=O)C(=O)N(CCCn3ccnc3)C2c2ccc(N(C)C)cc2)cc1. The fraction of sp³-hybridized carbons (Fsp3) is 0.269. The maximum absolute atomic E-state index is 13.1. The maximum atomic E-state index is 13.1. The average Bonchev–Trinajstić information content (AvgIpc) is 3.46. The number of anilines is 1. The molecule has 0 aliphatic carbocycles. The molecule has 1 N–H and O–H groups in total. The number of Topliss-reactive ketones (excluding diaryl/α,β-unsaturated/α-hetero) is 1. The normalized spacial score (nSPS) is 17.3. The molecule has 1 saturated heterocycles. The number of methoxy groups -OCH3 is 1. The smallest absolute Gasteiger partial charge is 0.295 e. The van der Waals surface area contributed by atoms with Gasteiger partial charge in [-0.3, -0.25) is 9.59 Å². The van der Waals surface area contributed by atoms with Crippen LogP contribution in [0.25, 0.3) is 5.76 Å². The Hall–Kier alpha value is -4.07. The number of ketones is 1. The molecule has 2 aromatic carbocycles. The predicted molar refractivity (Wildman–Crippen MR) is 130 cm³/mol. The van der Waals surface area contributed by atoms with Crippen molar-refractivity contribution in [1.82, 2.24) is 14.5 Å². The number of aryl methyl sites for hydroxylation is 1. The van der Waals surface area contributed by atoms with Crippen molar-refractivity contribution in [1.29, 1.82) is 0 Å². The molecule has 0 saturated carbocycles. The zero-order chi connectivity index (χ0) is 24.2. The van der Waals surface area contributed by atoms with E-state index < -0.39 is 17.7 Å². The Kier molecular flexibility index (Phi) is 6.67. The average molecular weight is 461 g/mol. The lowest BCUT2D eigenvalue weighted by Crippen LogP contribution is -2.31. The lowest BCUT2D eigenvalue weighted by Gasteiger charge is -2.26. The zero-order valence-corrected chi connectivity index (χ0v) is 19.5. The van der Waals surface area contributed by atoms with Crippen LogP contribution in [0.3, 0.4) is 0 Å². The van der Waals surface area contributed by atoms with Gasteiger partial charge in [0.1, 0.15) is 11.5 Å². The van der Waals surface area contributed by atoms with Crippen LogP contribution in [-0.2, 0) is 16.1 Å². The first kappa shape index (κ1) is 23.1. The number of nitrogens with zero attached hydrogens (tertiary/aromatic N) is 4. The van der Waals surface area contributed by atoms with Crippen LogP contribution in [0.1, 0.15) is 23.6 Å². The molecule has 8 heteroatoms. The van der Waals surface area contributed by atoms with Crippen molar-refractivity contribution in [3.63, 3.8) is 0 Å². The van der Waals surface area contributed by atoms with Gasteiger partial charge in [0.05, 0.1) is 25.1 Å². The highest BCUT2D eigenvalue weighted by molar-refractivity contribution is 6.46. The van der Waals surface area contributed by atoms with Gasteiger partial charge in [0, 0.05) is 50.8 Å². The molecule has 1 fully saturated rings. The van der Waals surface area contributed by atoms with Gasteiger partial charge in [-0.05, 0) is 48.4 Å². The van der Waals surface area contributed by atoms with Crippen molar-refractivity contribution in [2.45, 2.75) is 19.0 Å². The molecule has 1 aliphatic rings. The van der Waals surface area contributed by atoms with Crippen LogP contribution in [0.5, 0.6) is 5.75 Å². The highest BCUT2D eigenvalue weighted by Crippen LogP contribution is 2.40. The molecule has 1 atom stereocenters. The number of imidazole rings is 1. The van der Waals surface area contributed by atoms with Gasteiger partial charge in [0.25, 0.3) is 11.7 Å². The van der Waals surface area contributed by atoms with Crippen LogP contribution in [0.4, 0.5) is 5.69 Å². The molecule has 1 aliphatic heterocycles. The van der Waals surface area contributed by atoms with Crippen LogP contribution < -0.4 is 9.64 Å². The van der Waals surface area contributed by atoms with Gasteiger partial charge in [0.15, 0.2) is 0 Å². The van der Waals surface area contributed by atoms with Crippen molar-refractivity contribution in [2.75, 3.05) is 32.6 Å². The van der Waals surface area contributed by atoms with Gasteiger partial charge in [0.2, 0.25) is 0 Å². The number of hydrogen-bond acceptors (Lipinski definition) is 6. The number of aromatic nitrogens is 2. The number of carbonyl (C=O) groups is 2. The predicted octanol–water partition coefficient (Wildman–Crippen LogP) is 3.47. The monoisotopic (exact) mass is 460 g/mol. The van der Waals surface area contributed by atoms with E-state index in [-0.39, 0.29) is 11.3 Å². The molecule has 34 heavy (non-hydrogen) atoms. The Morgan fingerprint density at radius 1 is 1.06 bits per heavy atom. The van der Waals surface area contributed by atoms with Crippen molar-refractivity contribution < 1.29 is 19.4 Å². The second kappa shape index (κ2) is 9.82. The fourth-order valence-corrected chi connectivity index (χ4v) is 4.16. The first-order valence-electron chi connectivity index (χ1n) is 11.1. The van der Waals surface area contributed by atoms with E-state index in [0.717, 1.165) is 11.3 Å². The van der Waals surface area contributed by atoms with Crippen LogP contribution in [0.15, 0.2) is 72.8 Å². The highest BCUT2D eigenvalue weighted by atomic mass is 16.5. The quantitative estimate of drug-likeness (QED) is 0.315. The van der Waals surface area contributed by atoms with E-state index in [1.165, 1.54) is 0 Å². The van der Waals surface area contributed by atoms with E-state index in [0.29, 0.717) is 30.8 Å². The van der Waals surface area contributed by atoms with Gasteiger partial charge >= 0.3 is 0 Å². The lowest BCUT2D eigenvalue weighted by atomic mass is 9.95. The summed E-state index contributed by atoms with van der Waals surface area (Å²) in [5.74, 6) is -0.854. The Morgan fingerprint density at radius 3 is 2.35 bits per heavy atom. The topological polar surface area (TPSA) is 87.9 Å². The molecular formula is C26H28N4O4. The van der Waals surface area contributed by atoms with E-state index in [2.05, 4.69) is 4.98 Å². The van der Waals surface area contributed by atoms with E-state index in [9.17, 15) is 14.7 Å². The number of benzene rings is 2. The molecule has 8 nitrogen and oxygen atoms in total. The molecule has 1 unspecified atom stereocenters. The summed E-state index contributed by atoms with van der Waals surface area (Å²) in [7, 11) is 5.45. The van der Waals surface area contributed by atoms with Crippen LogP contribution >= 0.6 is 0 Å². The molecule has 176 valence electrons. The summed E-state index contributed by atoms with van der Waals surface area (Å²) < 4.78 is 7.11. The Morgan fingerprint density at radius 2 is 1.76 bits per heavy atom. The van der Waals surface area contributed by atoms with Crippen molar-refractivity contribution in [3.8, 4) is 5.75 Å². The molecule has 3 aromatic rings. The minimum Gasteiger partial charge on any atom is -0.507 e. The van der Waals surface area contributed by atoms with Crippen molar-refractivity contribution in [2.24, 2.45) is 0 Å². The van der Waals surface area contributed by atoms with Crippen LogP contribution in [-0.4, -0.2) is 59.0 Å². The second-order valence-corrected chi connectivity index (χ2v) is 8.36. The third-order valence-corrected chi connectivity index (χ3v) is 6.00. The third-order valence-electron chi connectivity index (χ3n) is 6.00. The number of hydrogen-bond donors (Lipinski definition) is 1. The number of aliphatic hydroxyl groups excluding tert-OH is 1. The summed E-state index contributed by atoms with van der Waals surface area (Å²) in [4.78, 5) is 33.8.